The molecular formula is C30H28N2O2. The van der Waals surface area contributed by atoms with Gasteiger partial charge in [-0.25, -0.2) is 9.78 Å². The smallest absolute Gasteiger partial charge is 0.336 e. The fraction of sp³-hybridized carbons (Fsp3) is 0.200. The molecule has 0 unspecified atom stereocenters. The maximum atomic E-state index is 11.8. The van der Waals surface area contributed by atoms with Crippen LogP contribution in [0, 0.1) is 11.8 Å². The Hall–Kier alpha value is -4.10. The highest BCUT2D eigenvalue weighted by molar-refractivity contribution is 5.97. The lowest BCUT2D eigenvalue weighted by molar-refractivity contribution is 0.0697. The number of carboxylic acid groups (broad SMARTS) is 1. The summed E-state index contributed by atoms with van der Waals surface area (Å²) < 4.78 is 2.07. The van der Waals surface area contributed by atoms with Crippen molar-refractivity contribution in [2.75, 3.05) is 0 Å². The molecule has 0 atom stereocenters. The first-order valence-electron chi connectivity index (χ1n) is 11.5. The van der Waals surface area contributed by atoms with E-state index < -0.39 is 5.97 Å². The fourth-order valence-electron chi connectivity index (χ4n) is 4.21. The minimum absolute atomic E-state index is 0.329. The standard InChI is InChI=1S/C30H28N2O2/c1-4-24-6-5-7-27(30(33)34)29(24)25-13-10-22(11-14-25)8-9-23-12-15-26(28(18-23)21(2)3)19-32-17-16-31-20-32/h5-7,10-18,20-21H,4,19H2,1-3H3,(H,33,34). The third-order valence-electron chi connectivity index (χ3n) is 5.97. The van der Waals surface area contributed by atoms with Gasteiger partial charge in [0.2, 0.25) is 0 Å². The van der Waals surface area contributed by atoms with Gasteiger partial charge in [0.15, 0.2) is 0 Å². The zero-order valence-corrected chi connectivity index (χ0v) is 19.7. The highest BCUT2D eigenvalue weighted by atomic mass is 16.4. The number of benzene rings is 3. The van der Waals surface area contributed by atoms with E-state index >= 15 is 0 Å². The highest BCUT2D eigenvalue weighted by Gasteiger charge is 2.14. The lowest BCUT2D eigenvalue weighted by Gasteiger charge is -2.14. The molecule has 3 aromatic carbocycles. The van der Waals surface area contributed by atoms with E-state index in [0.717, 1.165) is 40.8 Å². The number of imidazole rings is 1. The Bertz CT molecular complexity index is 1360. The maximum Gasteiger partial charge on any atom is 0.336 e. The second-order valence-corrected chi connectivity index (χ2v) is 8.63. The van der Waals surface area contributed by atoms with Crippen molar-refractivity contribution in [3.8, 4) is 23.0 Å². The van der Waals surface area contributed by atoms with E-state index in [1.54, 1.807) is 18.3 Å². The first-order chi connectivity index (χ1) is 16.5. The number of carbonyl (C=O) groups is 1. The Morgan fingerprint density at radius 3 is 2.38 bits per heavy atom. The summed E-state index contributed by atoms with van der Waals surface area (Å²) in [5.41, 5.74) is 7.46. The van der Waals surface area contributed by atoms with E-state index in [4.69, 9.17) is 0 Å². The minimum atomic E-state index is -0.911. The molecule has 4 heteroatoms. The molecule has 0 bridgehead atoms. The summed E-state index contributed by atoms with van der Waals surface area (Å²) in [6.07, 6.45) is 6.37. The monoisotopic (exact) mass is 448 g/mol. The molecule has 1 aromatic heterocycles. The van der Waals surface area contributed by atoms with Crippen LogP contribution in [0.3, 0.4) is 0 Å². The van der Waals surface area contributed by atoms with E-state index in [-0.39, 0.29) is 0 Å². The normalized spacial score (nSPS) is 10.7. The molecule has 0 aliphatic carbocycles. The molecule has 0 fully saturated rings. The van der Waals surface area contributed by atoms with E-state index in [2.05, 4.69) is 53.4 Å². The van der Waals surface area contributed by atoms with Gasteiger partial charge in [-0.15, -0.1) is 0 Å². The van der Waals surface area contributed by atoms with Crippen LogP contribution >= 0.6 is 0 Å². The molecule has 0 aliphatic rings. The van der Waals surface area contributed by atoms with Gasteiger partial charge in [-0.2, -0.15) is 0 Å². The maximum absolute atomic E-state index is 11.8. The summed E-state index contributed by atoms with van der Waals surface area (Å²) in [6, 6.07) is 19.7. The molecule has 34 heavy (non-hydrogen) atoms. The van der Waals surface area contributed by atoms with Crippen LogP contribution in [0.25, 0.3) is 11.1 Å². The molecule has 0 spiro atoms. The summed E-state index contributed by atoms with van der Waals surface area (Å²) >= 11 is 0. The molecule has 170 valence electrons. The number of hydrogen-bond donors (Lipinski definition) is 1. The number of hydrogen-bond acceptors (Lipinski definition) is 2. The van der Waals surface area contributed by atoms with E-state index in [1.165, 1.54) is 11.1 Å². The predicted molar refractivity (Wildman–Crippen MR) is 136 cm³/mol. The summed E-state index contributed by atoms with van der Waals surface area (Å²) in [6.45, 7) is 7.22. The Morgan fingerprint density at radius 1 is 1.00 bits per heavy atom. The van der Waals surface area contributed by atoms with Crippen LogP contribution in [-0.4, -0.2) is 20.6 Å². The Morgan fingerprint density at radius 2 is 1.74 bits per heavy atom. The van der Waals surface area contributed by atoms with Gasteiger partial charge in [-0.3, -0.25) is 0 Å². The first kappa shape index (κ1) is 23.1. The largest absolute Gasteiger partial charge is 0.478 e. The van der Waals surface area contributed by atoms with Crippen molar-refractivity contribution < 1.29 is 9.90 Å². The zero-order chi connectivity index (χ0) is 24.1. The molecular weight excluding hydrogens is 420 g/mol. The summed E-state index contributed by atoms with van der Waals surface area (Å²) in [5.74, 6) is 6.03. The van der Waals surface area contributed by atoms with Crippen LogP contribution in [0.4, 0.5) is 0 Å². The Balaban J connectivity index is 1.60. The van der Waals surface area contributed by atoms with Crippen LogP contribution < -0.4 is 0 Å². The van der Waals surface area contributed by atoms with E-state index in [0.29, 0.717) is 11.5 Å². The van der Waals surface area contributed by atoms with Gasteiger partial charge in [-0.05, 0) is 70.5 Å². The van der Waals surface area contributed by atoms with Crippen LogP contribution in [0.15, 0.2) is 79.4 Å². The Kier molecular flexibility index (Phi) is 6.94. The van der Waals surface area contributed by atoms with Crippen molar-refractivity contribution in [3.63, 3.8) is 0 Å². The van der Waals surface area contributed by atoms with Gasteiger partial charge in [0, 0.05) is 30.1 Å². The number of nitrogens with zero attached hydrogens (tertiary/aromatic N) is 2. The third-order valence-corrected chi connectivity index (χ3v) is 5.97. The first-order valence-corrected chi connectivity index (χ1v) is 11.5. The molecule has 1 N–H and O–H groups in total. The van der Waals surface area contributed by atoms with Gasteiger partial charge >= 0.3 is 5.97 Å². The number of aromatic carboxylic acids is 1. The van der Waals surface area contributed by atoms with Crippen molar-refractivity contribution in [1.82, 2.24) is 9.55 Å². The summed E-state index contributed by atoms with van der Waals surface area (Å²) in [7, 11) is 0. The van der Waals surface area contributed by atoms with Crippen LogP contribution in [0.1, 0.15) is 64.9 Å². The lowest BCUT2D eigenvalue weighted by atomic mass is 9.92. The number of aryl methyl sites for hydroxylation is 1. The van der Waals surface area contributed by atoms with Crippen LogP contribution in [0.5, 0.6) is 0 Å². The molecule has 0 saturated carbocycles. The number of rotatable bonds is 6. The topological polar surface area (TPSA) is 55.1 Å². The highest BCUT2D eigenvalue weighted by Crippen LogP contribution is 2.29. The lowest BCUT2D eigenvalue weighted by Crippen LogP contribution is -2.03. The quantitative estimate of drug-likeness (QED) is 0.348. The molecule has 0 radical (unpaired) electrons. The molecule has 1 heterocycles. The minimum Gasteiger partial charge on any atom is -0.478 e. The van der Waals surface area contributed by atoms with Gasteiger partial charge < -0.3 is 9.67 Å². The average molecular weight is 449 g/mol. The van der Waals surface area contributed by atoms with Gasteiger partial charge in [0.1, 0.15) is 0 Å². The second-order valence-electron chi connectivity index (χ2n) is 8.63. The van der Waals surface area contributed by atoms with E-state index in [9.17, 15) is 9.90 Å². The number of carboxylic acids is 1. The Labute approximate surface area is 200 Å². The van der Waals surface area contributed by atoms with Crippen molar-refractivity contribution in [2.45, 2.75) is 39.7 Å². The summed E-state index contributed by atoms with van der Waals surface area (Å²) in [4.78, 5) is 15.9. The molecule has 0 aliphatic heterocycles. The van der Waals surface area contributed by atoms with E-state index in [1.807, 2.05) is 49.8 Å². The average Bonchev–Trinajstić information content (AvgIpc) is 3.36. The van der Waals surface area contributed by atoms with Crippen LogP contribution in [-0.2, 0) is 13.0 Å². The van der Waals surface area contributed by atoms with Crippen molar-refractivity contribution >= 4 is 5.97 Å². The predicted octanol–water partition coefficient (Wildman–Crippen LogP) is 6.38. The van der Waals surface area contributed by atoms with Gasteiger partial charge in [0.25, 0.3) is 0 Å². The van der Waals surface area contributed by atoms with Crippen LogP contribution in [0.2, 0.25) is 0 Å². The third kappa shape index (κ3) is 5.10. The zero-order valence-electron chi connectivity index (χ0n) is 19.7. The van der Waals surface area contributed by atoms with Gasteiger partial charge in [0.05, 0.1) is 11.9 Å². The second kappa shape index (κ2) is 10.2. The molecule has 4 rings (SSSR count). The SMILES string of the molecule is CCc1cccc(C(=O)O)c1-c1ccc(C#Cc2ccc(Cn3ccnc3)c(C(C)C)c2)cc1. The summed E-state index contributed by atoms with van der Waals surface area (Å²) in [5, 5.41) is 9.64. The van der Waals surface area contributed by atoms with Crippen molar-refractivity contribution in [2.24, 2.45) is 0 Å². The molecule has 0 saturated heterocycles. The van der Waals surface area contributed by atoms with Gasteiger partial charge in [-0.1, -0.05) is 62.9 Å². The number of aromatic nitrogens is 2. The molecule has 4 nitrogen and oxygen atoms in total. The van der Waals surface area contributed by atoms with Crippen molar-refractivity contribution in [1.29, 1.82) is 0 Å². The molecule has 0 amide bonds. The fourth-order valence-corrected chi connectivity index (χ4v) is 4.21. The molecule has 4 aromatic rings. The van der Waals surface area contributed by atoms with Crippen molar-refractivity contribution in [3.05, 3.63) is 113 Å².